The maximum atomic E-state index is 11.7. The van der Waals surface area contributed by atoms with Gasteiger partial charge in [0.1, 0.15) is 0 Å². The highest BCUT2D eigenvalue weighted by atomic mass is 32.2. The molecule has 1 saturated carbocycles. The summed E-state index contributed by atoms with van der Waals surface area (Å²) in [5.74, 6) is 0.217. The second kappa shape index (κ2) is 5.07. The molecule has 0 aliphatic heterocycles. The van der Waals surface area contributed by atoms with Crippen LogP contribution >= 0.6 is 0 Å². The Labute approximate surface area is 92.5 Å². The van der Waals surface area contributed by atoms with Gasteiger partial charge in [-0.3, -0.25) is 9.00 Å². The minimum Gasteiger partial charge on any atom is -0.481 e. The van der Waals surface area contributed by atoms with Crippen LogP contribution in [0, 0.1) is 5.41 Å². The fraction of sp³-hybridized carbons (Fsp3) is 0.900. The average molecular weight is 234 g/mol. The molecule has 2 atom stereocenters. The lowest BCUT2D eigenvalue weighted by Crippen LogP contribution is -2.23. The molecule has 0 bridgehead atoms. The summed E-state index contributed by atoms with van der Waals surface area (Å²) in [7, 11) is 0.628. The Bertz CT molecular complexity index is 260. The molecule has 0 saturated heterocycles. The highest BCUT2D eigenvalue weighted by molar-refractivity contribution is 7.85. The number of carbonyl (C=O) groups is 1. The van der Waals surface area contributed by atoms with Crippen molar-refractivity contribution >= 4 is 16.8 Å². The summed E-state index contributed by atoms with van der Waals surface area (Å²) >= 11 is 0. The molecule has 4 nitrogen and oxygen atoms in total. The number of hydrogen-bond donors (Lipinski definition) is 1. The SMILES string of the molecule is COC(C)CS(=O)CC1(CC(=O)O)CC1. The van der Waals surface area contributed by atoms with Crippen LogP contribution in [0.3, 0.4) is 0 Å². The van der Waals surface area contributed by atoms with E-state index in [0.29, 0.717) is 11.5 Å². The maximum absolute atomic E-state index is 11.7. The van der Waals surface area contributed by atoms with E-state index < -0.39 is 16.8 Å². The third kappa shape index (κ3) is 4.30. The summed E-state index contributed by atoms with van der Waals surface area (Å²) in [5, 5.41) is 8.71. The van der Waals surface area contributed by atoms with Gasteiger partial charge in [0.15, 0.2) is 0 Å². The molecular weight excluding hydrogens is 216 g/mol. The van der Waals surface area contributed by atoms with Crippen molar-refractivity contribution in [2.45, 2.75) is 32.3 Å². The van der Waals surface area contributed by atoms with Gasteiger partial charge in [0.05, 0.1) is 12.5 Å². The molecular formula is C10H18O4S. The Morgan fingerprint density at radius 1 is 1.60 bits per heavy atom. The largest absolute Gasteiger partial charge is 0.481 e. The number of rotatable bonds is 7. The smallest absolute Gasteiger partial charge is 0.303 e. The number of carboxylic acid groups (broad SMARTS) is 1. The van der Waals surface area contributed by atoms with Crippen molar-refractivity contribution in [3.63, 3.8) is 0 Å². The average Bonchev–Trinajstić information content (AvgIpc) is 2.82. The second-order valence-electron chi connectivity index (χ2n) is 4.37. The van der Waals surface area contributed by atoms with Crippen LogP contribution in [0.25, 0.3) is 0 Å². The van der Waals surface area contributed by atoms with Crippen molar-refractivity contribution < 1.29 is 18.8 Å². The van der Waals surface area contributed by atoms with E-state index in [-0.39, 0.29) is 17.9 Å². The van der Waals surface area contributed by atoms with E-state index in [9.17, 15) is 9.00 Å². The van der Waals surface area contributed by atoms with Crippen LogP contribution in [0.1, 0.15) is 26.2 Å². The third-order valence-corrected chi connectivity index (χ3v) is 4.55. The van der Waals surface area contributed by atoms with Gasteiger partial charge in [0.25, 0.3) is 0 Å². The molecule has 0 radical (unpaired) electrons. The summed E-state index contributed by atoms with van der Waals surface area (Å²) in [5.41, 5.74) is -0.176. The lowest BCUT2D eigenvalue weighted by atomic mass is 10.1. The number of aliphatic carboxylic acids is 1. The molecule has 0 amide bonds. The van der Waals surface area contributed by atoms with E-state index in [1.165, 1.54) is 0 Å². The van der Waals surface area contributed by atoms with Gasteiger partial charge in [-0.05, 0) is 25.2 Å². The Hall–Kier alpha value is -0.420. The summed E-state index contributed by atoms with van der Waals surface area (Å²) < 4.78 is 16.7. The molecule has 88 valence electrons. The predicted molar refractivity (Wildman–Crippen MR) is 58.3 cm³/mol. The van der Waals surface area contributed by atoms with E-state index in [4.69, 9.17) is 9.84 Å². The lowest BCUT2D eigenvalue weighted by molar-refractivity contribution is -0.138. The fourth-order valence-corrected chi connectivity index (χ4v) is 3.45. The predicted octanol–water partition coefficient (Wildman–Crippen LogP) is 1.02. The van der Waals surface area contributed by atoms with Crippen molar-refractivity contribution in [2.24, 2.45) is 5.41 Å². The van der Waals surface area contributed by atoms with Crippen LogP contribution in [0.5, 0.6) is 0 Å². The van der Waals surface area contributed by atoms with Crippen molar-refractivity contribution in [1.82, 2.24) is 0 Å². The number of ether oxygens (including phenoxy) is 1. The Morgan fingerprint density at radius 3 is 2.60 bits per heavy atom. The van der Waals surface area contributed by atoms with E-state index >= 15 is 0 Å². The molecule has 0 aromatic carbocycles. The Balaban J connectivity index is 2.34. The first-order valence-corrected chi connectivity index (χ1v) is 6.56. The highest BCUT2D eigenvalue weighted by Crippen LogP contribution is 2.49. The molecule has 2 unspecified atom stereocenters. The van der Waals surface area contributed by atoms with Gasteiger partial charge in [-0.25, -0.2) is 0 Å². The van der Waals surface area contributed by atoms with E-state index in [1.54, 1.807) is 7.11 Å². The normalized spacial score (nSPS) is 22.0. The van der Waals surface area contributed by atoms with Gasteiger partial charge in [-0.1, -0.05) is 0 Å². The first-order valence-electron chi connectivity index (χ1n) is 5.07. The number of carboxylic acids is 1. The van der Waals surface area contributed by atoms with E-state index in [1.807, 2.05) is 6.92 Å². The zero-order valence-corrected chi connectivity index (χ0v) is 10.0. The third-order valence-electron chi connectivity index (χ3n) is 2.77. The van der Waals surface area contributed by atoms with Crippen LogP contribution in [-0.4, -0.2) is 40.0 Å². The number of methoxy groups -OCH3 is 1. The van der Waals surface area contributed by atoms with Gasteiger partial charge >= 0.3 is 5.97 Å². The zero-order valence-electron chi connectivity index (χ0n) is 9.19. The second-order valence-corrected chi connectivity index (χ2v) is 5.87. The first kappa shape index (κ1) is 12.6. The van der Waals surface area contributed by atoms with Gasteiger partial charge in [-0.2, -0.15) is 0 Å². The van der Waals surface area contributed by atoms with Crippen LogP contribution < -0.4 is 0 Å². The standard InChI is InChI=1S/C10H18O4S/c1-8(14-2)6-15(13)7-10(3-4-10)5-9(11)12/h8H,3-7H2,1-2H3,(H,11,12). The van der Waals surface area contributed by atoms with Gasteiger partial charge in [0, 0.05) is 29.4 Å². The Morgan fingerprint density at radius 2 is 2.20 bits per heavy atom. The summed E-state index contributed by atoms with van der Waals surface area (Å²) in [6.45, 7) is 1.87. The minimum absolute atomic E-state index is 0.0218. The molecule has 0 spiro atoms. The van der Waals surface area contributed by atoms with Gasteiger partial charge in [0.2, 0.25) is 0 Å². The molecule has 1 rings (SSSR count). The molecule has 1 aliphatic carbocycles. The molecule has 0 aromatic heterocycles. The van der Waals surface area contributed by atoms with Crippen LogP contribution in [-0.2, 0) is 20.3 Å². The van der Waals surface area contributed by atoms with E-state index in [0.717, 1.165) is 12.8 Å². The van der Waals surface area contributed by atoms with Crippen LogP contribution in [0.2, 0.25) is 0 Å². The molecule has 0 heterocycles. The van der Waals surface area contributed by atoms with Crippen LogP contribution in [0.15, 0.2) is 0 Å². The van der Waals surface area contributed by atoms with Crippen molar-refractivity contribution in [3.05, 3.63) is 0 Å². The monoisotopic (exact) mass is 234 g/mol. The summed E-state index contributed by atoms with van der Waals surface area (Å²) in [6.07, 6.45) is 1.92. The molecule has 1 fully saturated rings. The first-order chi connectivity index (χ1) is 6.97. The fourth-order valence-electron chi connectivity index (χ4n) is 1.60. The topological polar surface area (TPSA) is 63.6 Å². The summed E-state index contributed by atoms with van der Waals surface area (Å²) in [6, 6.07) is 0. The molecule has 0 aromatic rings. The minimum atomic E-state index is -0.962. The Kier molecular flexibility index (Phi) is 4.28. The lowest BCUT2D eigenvalue weighted by Gasteiger charge is -2.14. The summed E-state index contributed by atoms with van der Waals surface area (Å²) in [4.78, 5) is 10.6. The van der Waals surface area contributed by atoms with E-state index in [2.05, 4.69) is 0 Å². The molecule has 15 heavy (non-hydrogen) atoms. The molecule has 5 heteroatoms. The molecule has 1 aliphatic rings. The molecule has 1 N–H and O–H groups in total. The van der Waals surface area contributed by atoms with Gasteiger partial charge in [-0.15, -0.1) is 0 Å². The van der Waals surface area contributed by atoms with Gasteiger partial charge < -0.3 is 9.84 Å². The van der Waals surface area contributed by atoms with Crippen molar-refractivity contribution in [3.8, 4) is 0 Å². The maximum Gasteiger partial charge on any atom is 0.303 e. The zero-order chi connectivity index (χ0) is 11.5. The van der Waals surface area contributed by atoms with Crippen molar-refractivity contribution in [1.29, 1.82) is 0 Å². The number of hydrogen-bond acceptors (Lipinski definition) is 3. The van der Waals surface area contributed by atoms with Crippen LogP contribution in [0.4, 0.5) is 0 Å². The quantitative estimate of drug-likeness (QED) is 0.714. The highest BCUT2D eigenvalue weighted by Gasteiger charge is 2.45. The van der Waals surface area contributed by atoms with Crippen molar-refractivity contribution in [2.75, 3.05) is 18.6 Å².